The van der Waals surface area contributed by atoms with Crippen molar-refractivity contribution >= 4 is 0 Å². The van der Waals surface area contributed by atoms with Crippen LogP contribution in [0.3, 0.4) is 0 Å². The van der Waals surface area contributed by atoms with E-state index in [2.05, 4.69) is 0 Å². The molecule has 2 aromatic carbocycles. The Hall–Kier alpha value is -1.91. The zero-order valence-corrected chi connectivity index (χ0v) is 14.8. The third-order valence-electron chi connectivity index (χ3n) is 4.59. The molecule has 134 valence electrons. The monoisotopic (exact) mass is 344 g/mol. The number of hydrogen-bond acceptors (Lipinski definition) is 3. The third kappa shape index (κ3) is 4.39. The molecular formula is C21H25FO3. The summed E-state index contributed by atoms with van der Waals surface area (Å²) in [4.78, 5) is 0. The van der Waals surface area contributed by atoms with Crippen molar-refractivity contribution in [3.8, 4) is 5.75 Å². The summed E-state index contributed by atoms with van der Waals surface area (Å²) in [6.45, 7) is 5.58. The second-order valence-electron chi connectivity index (χ2n) is 6.51. The molecule has 3 rings (SSSR count). The van der Waals surface area contributed by atoms with Crippen LogP contribution < -0.4 is 4.74 Å². The maximum atomic E-state index is 14.2. The van der Waals surface area contributed by atoms with E-state index >= 15 is 0 Å². The predicted molar refractivity (Wildman–Crippen MR) is 95.1 cm³/mol. The minimum absolute atomic E-state index is 0.0808. The molecule has 3 nitrogen and oxygen atoms in total. The molecule has 4 heteroatoms. The first kappa shape index (κ1) is 17.9. The molecule has 1 heterocycles. The number of benzene rings is 2. The van der Waals surface area contributed by atoms with E-state index < -0.39 is 5.60 Å². The largest absolute Gasteiger partial charge is 0.489 e. The Morgan fingerprint density at radius 3 is 2.72 bits per heavy atom. The van der Waals surface area contributed by atoms with E-state index in [1.807, 2.05) is 50.2 Å². The van der Waals surface area contributed by atoms with Crippen LogP contribution in [0, 0.1) is 5.82 Å². The minimum atomic E-state index is -0.515. The van der Waals surface area contributed by atoms with Crippen LogP contribution in [0.5, 0.6) is 5.75 Å². The molecule has 1 aliphatic rings. The molecule has 0 aromatic heterocycles. The van der Waals surface area contributed by atoms with Gasteiger partial charge in [-0.1, -0.05) is 30.3 Å². The standard InChI is InChI=1S/C21H25FO3/c1-3-25-21(9-10-23-16(2)14-21)18-11-19(22)13-20(12-18)24-15-17-7-5-4-6-8-17/h4-8,11-13,16H,3,9-10,14-15H2,1-2H3. The Labute approximate surface area is 148 Å². The van der Waals surface area contributed by atoms with Crippen LogP contribution in [0.25, 0.3) is 0 Å². The van der Waals surface area contributed by atoms with Gasteiger partial charge in [0.25, 0.3) is 0 Å². The average Bonchev–Trinajstić information content (AvgIpc) is 2.61. The molecule has 0 bridgehead atoms. The van der Waals surface area contributed by atoms with E-state index in [1.54, 1.807) is 6.07 Å². The highest BCUT2D eigenvalue weighted by molar-refractivity contribution is 5.34. The zero-order chi connectivity index (χ0) is 17.7. The number of ether oxygens (including phenoxy) is 3. The van der Waals surface area contributed by atoms with Crippen molar-refractivity contribution in [2.24, 2.45) is 0 Å². The van der Waals surface area contributed by atoms with Crippen LogP contribution >= 0.6 is 0 Å². The lowest BCUT2D eigenvalue weighted by Gasteiger charge is -2.40. The molecule has 1 saturated heterocycles. The van der Waals surface area contributed by atoms with Gasteiger partial charge in [0.05, 0.1) is 18.3 Å². The Morgan fingerprint density at radius 1 is 1.20 bits per heavy atom. The zero-order valence-electron chi connectivity index (χ0n) is 14.8. The molecule has 1 aliphatic heterocycles. The van der Waals surface area contributed by atoms with Gasteiger partial charge in [0.2, 0.25) is 0 Å². The second-order valence-corrected chi connectivity index (χ2v) is 6.51. The fraction of sp³-hybridized carbons (Fsp3) is 0.429. The van der Waals surface area contributed by atoms with E-state index in [-0.39, 0.29) is 11.9 Å². The minimum Gasteiger partial charge on any atom is -0.489 e. The van der Waals surface area contributed by atoms with Gasteiger partial charge in [0.1, 0.15) is 18.2 Å². The van der Waals surface area contributed by atoms with E-state index in [9.17, 15) is 4.39 Å². The van der Waals surface area contributed by atoms with Gasteiger partial charge in [-0.25, -0.2) is 4.39 Å². The lowest BCUT2D eigenvalue weighted by Crippen LogP contribution is -2.40. The molecule has 0 N–H and O–H groups in total. The Morgan fingerprint density at radius 2 is 2.00 bits per heavy atom. The molecule has 1 fully saturated rings. The van der Waals surface area contributed by atoms with E-state index in [1.165, 1.54) is 6.07 Å². The molecule has 2 atom stereocenters. The van der Waals surface area contributed by atoms with Crippen LogP contribution in [0.1, 0.15) is 37.8 Å². The van der Waals surface area contributed by atoms with Crippen molar-refractivity contribution < 1.29 is 18.6 Å². The highest BCUT2D eigenvalue weighted by Crippen LogP contribution is 2.40. The molecule has 0 spiro atoms. The fourth-order valence-electron chi connectivity index (χ4n) is 3.45. The highest BCUT2D eigenvalue weighted by Gasteiger charge is 2.38. The van der Waals surface area contributed by atoms with Gasteiger partial charge < -0.3 is 14.2 Å². The molecule has 0 amide bonds. The summed E-state index contributed by atoms with van der Waals surface area (Å²) in [6, 6.07) is 14.7. The second kappa shape index (κ2) is 7.98. The predicted octanol–water partition coefficient (Wildman–Crippen LogP) is 4.84. The average molecular weight is 344 g/mol. The first-order valence-corrected chi connectivity index (χ1v) is 8.85. The van der Waals surface area contributed by atoms with Gasteiger partial charge in [0.15, 0.2) is 0 Å². The van der Waals surface area contributed by atoms with Crippen LogP contribution in [0.2, 0.25) is 0 Å². The summed E-state index contributed by atoms with van der Waals surface area (Å²) >= 11 is 0. The fourth-order valence-corrected chi connectivity index (χ4v) is 3.45. The SMILES string of the molecule is CCOC1(c2cc(F)cc(OCc3ccccc3)c2)CCOC(C)C1. The van der Waals surface area contributed by atoms with Gasteiger partial charge in [-0.3, -0.25) is 0 Å². The Balaban J connectivity index is 1.84. The maximum absolute atomic E-state index is 14.2. The van der Waals surface area contributed by atoms with Gasteiger partial charge in [-0.05, 0) is 37.1 Å². The van der Waals surface area contributed by atoms with Crippen molar-refractivity contribution in [1.82, 2.24) is 0 Å². The number of hydrogen-bond donors (Lipinski definition) is 0. The summed E-state index contributed by atoms with van der Waals surface area (Å²) in [6.07, 6.45) is 1.51. The van der Waals surface area contributed by atoms with Gasteiger partial charge in [-0.15, -0.1) is 0 Å². The van der Waals surface area contributed by atoms with E-state index in [4.69, 9.17) is 14.2 Å². The highest BCUT2D eigenvalue weighted by atomic mass is 19.1. The molecule has 2 unspecified atom stereocenters. The summed E-state index contributed by atoms with van der Waals surface area (Å²) in [5.41, 5.74) is 1.36. The Kier molecular flexibility index (Phi) is 5.71. The molecule has 2 aromatic rings. The van der Waals surface area contributed by atoms with Crippen molar-refractivity contribution in [1.29, 1.82) is 0 Å². The third-order valence-corrected chi connectivity index (χ3v) is 4.59. The molecule has 25 heavy (non-hydrogen) atoms. The molecule has 0 radical (unpaired) electrons. The summed E-state index contributed by atoms with van der Waals surface area (Å²) in [5, 5.41) is 0. The van der Waals surface area contributed by atoms with E-state index in [0.29, 0.717) is 38.4 Å². The van der Waals surface area contributed by atoms with Crippen LogP contribution in [-0.2, 0) is 21.7 Å². The first-order chi connectivity index (χ1) is 12.1. The van der Waals surface area contributed by atoms with Crippen LogP contribution in [0.4, 0.5) is 4.39 Å². The lowest BCUT2D eigenvalue weighted by molar-refractivity contribution is -0.137. The lowest BCUT2D eigenvalue weighted by atomic mass is 9.83. The van der Waals surface area contributed by atoms with Crippen molar-refractivity contribution in [3.05, 3.63) is 65.5 Å². The quantitative estimate of drug-likeness (QED) is 0.751. The normalized spacial score (nSPS) is 23.4. The first-order valence-electron chi connectivity index (χ1n) is 8.85. The smallest absolute Gasteiger partial charge is 0.127 e. The number of rotatable bonds is 6. The number of halogens is 1. The molecule has 0 saturated carbocycles. The summed E-state index contributed by atoms with van der Waals surface area (Å²) in [7, 11) is 0. The topological polar surface area (TPSA) is 27.7 Å². The molecular weight excluding hydrogens is 319 g/mol. The maximum Gasteiger partial charge on any atom is 0.127 e. The summed E-state index contributed by atoms with van der Waals surface area (Å²) in [5.74, 6) is 0.218. The molecule has 0 aliphatic carbocycles. The van der Waals surface area contributed by atoms with Crippen molar-refractivity contribution in [3.63, 3.8) is 0 Å². The Bertz CT molecular complexity index is 685. The van der Waals surface area contributed by atoms with Gasteiger partial charge >= 0.3 is 0 Å². The van der Waals surface area contributed by atoms with Gasteiger partial charge in [-0.2, -0.15) is 0 Å². The van der Waals surface area contributed by atoms with Crippen molar-refractivity contribution in [2.75, 3.05) is 13.2 Å². The van der Waals surface area contributed by atoms with E-state index in [0.717, 1.165) is 11.1 Å². The van der Waals surface area contributed by atoms with Crippen LogP contribution in [-0.4, -0.2) is 19.3 Å². The van der Waals surface area contributed by atoms with Crippen LogP contribution in [0.15, 0.2) is 48.5 Å². The van der Waals surface area contributed by atoms with Crippen molar-refractivity contribution in [2.45, 2.75) is 45.0 Å². The summed E-state index contributed by atoms with van der Waals surface area (Å²) < 4.78 is 31.8. The van der Waals surface area contributed by atoms with Gasteiger partial charge in [0, 0.05) is 25.5 Å².